The second kappa shape index (κ2) is 5.48. The molecule has 1 aliphatic rings. The Hall–Kier alpha value is -2.12. The van der Waals surface area contributed by atoms with Gasteiger partial charge < -0.3 is 9.72 Å². The second-order valence-electron chi connectivity index (χ2n) is 5.14. The minimum atomic E-state index is 0.0782. The molecule has 0 spiro atoms. The largest absolute Gasteiger partial charge is 0.378 e. The van der Waals surface area contributed by atoms with Gasteiger partial charge in [-0.2, -0.15) is 5.26 Å². The third-order valence-electron chi connectivity index (χ3n) is 3.84. The molecule has 102 valence electrons. The standard InChI is InChI=1S/C16H16N2O2/c17-9-11-3-1-5-14-16(11)13(10-18-14)15(19)7-6-12-4-2-8-20-12/h1,3,5,10,12,18H,2,4,6-8H2. The third-order valence-corrected chi connectivity index (χ3v) is 3.84. The summed E-state index contributed by atoms with van der Waals surface area (Å²) in [6, 6.07) is 7.59. The molecule has 0 aliphatic carbocycles. The predicted molar refractivity (Wildman–Crippen MR) is 75.6 cm³/mol. The molecule has 0 radical (unpaired) electrons. The number of nitrogens with one attached hydrogen (secondary N) is 1. The van der Waals surface area contributed by atoms with Gasteiger partial charge in [-0.25, -0.2) is 0 Å². The van der Waals surface area contributed by atoms with Crippen molar-refractivity contribution in [1.82, 2.24) is 4.98 Å². The molecule has 20 heavy (non-hydrogen) atoms. The summed E-state index contributed by atoms with van der Waals surface area (Å²) in [6.45, 7) is 0.810. The van der Waals surface area contributed by atoms with Crippen LogP contribution in [0, 0.1) is 11.3 Å². The van der Waals surface area contributed by atoms with Gasteiger partial charge in [0, 0.05) is 35.7 Å². The van der Waals surface area contributed by atoms with Crippen LogP contribution in [0.5, 0.6) is 0 Å². The number of aromatic nitrogens is 1. The van der Waals surface area contributed by atoms with Gasteiger partial charge in [0.15, 0.2) is 5.78 Å². The van der Waals surface area contributed by atoms with E-state index in [0.29, 0.717) is 17.5 Å². The average molecular weight is 268 g/mol. The average Bonchev–Trinajstić information content (AvgIpc) is 3.13. The Morgan fingerprint density at radius 3 is 3.15 bits per heavy atom. The summed E-state index contributed by atoms with van der Waals surface area (Å²) in [5.74, 6) is 0.0782. The first-order valence-corrected chi connectivity index (χ1v) is 6.94. The number of H-pyrrole nitrogens is 1. The first kappa shape index (κ1) is 12.9. The number of hydrogen-bond acceptors (Lipinski definition) is 3. The van der Waals surface area contributed by atoms with Gasteiger partial charge in [0.05, 0.1) is 17.7 Å². The van der Waals surface area contributed by atoms with Crippen LogP contribution in [0.25, 0.3) is 10.9 Å². The highest BCUT2D eigenvalue weighted by molar-refractivity contribution is 6.09. The number of fused-ring (bicyclic) bond motifs is 1. The van der Waals surface area contributed by atoms with E-state index < -0.39 is 0 Å². The molecule has 1 atom stereocenters. The zero-order valence-electron chi connectivity index (χ0n) is 11.2. The monoisotopic (exact) mass is 268 g/mol. The molecular formula is C16H16N2O2. The number of benzene rings is 1. The van der Waals surface area contributed by atoms with Crippen molar-refractivity contribution in [2.75, 3.05) is 6.61 Å². The van der Waals surface area contributed by atoms with Crippen molar-refractivity contribution >= 4 is 16.7 Å². The van der Waals surface area contributed by atoms with E-state index in [1.807, 2.05) is 12.1 Å². The number of carbonyl (C=O) groups is 1. The van der Waals surface area contributed by atoms with Crippen LogP contribution in [-0.2, 0) is 4.74 Å². The Morgan fingerprint density at radius 2 is 2.40 bits per heavy atom. The number of nitrogens with zero attached hydrogens (tertiary/aromatic N) is 1. The molecule has 0 amide bonds. The number of carbonyl (C=O) groups excluding carboxylic acids is 1. The first-order valence-electron chi connectivity index (χ1n) is 6.94. The summed E-state index contributed by atoms with van der Waals surface area (Å²) in [5, 5.41) is 9.91. The number of nitriles is 1. The van der Waals surface area contributed by atoms with Crippen molar-refractivity contribution in [1.29, 1.82) is 5.26 Å². The Balaban J connectivity index is 1.82. The van der Waals surface area contributed by atoms with Gasteiger partial charge in [0.2, 0.25) is 0 Å². The predicted octanol–water partition coefficient (Wildman–Crippen LogP) is 3.18. The van der Waals surface area contributed by atoms with E-state index in [1.54, 1.807) is 12.3 Å². The first-order chi connectivity index (χ1) is 9.79. The Kier molecular flexibility index (Phi) is 3.53. The lowest BCUT2D eigenvalue weighted by Gasteiger charge is -2.07. The van der Waals surface area contributed by atoms with Crippen LogP contribution in [0.3, 0.4) is 0 Å². The molecule has 1 aromatic heterocycles. The van der Waals surface area contributed by atoms with Crippen LogP contribution in [0.15, 0.2) is 24.4 Å². The molecule has 1 fully saturated rings. The lowest BCUT2D eigenvalue weighted by atomic mass is 10.0. The number of aromatic amines is 1. The van der Waals surface area contributed by atoms with E-state index in [-0.39, 0.29) is 11.9 Å². The van der Waals surface area contributed by atoms with E-state index >= 15 is 0 Å². The van der Waals surface area contributed by atoms with Crippen molar-refractivity contribution in [2.45, 2.75) is 31.8 Å². The highest BCUT2D eigenvalue weighted by Crippen LogP contribution is 2.25. The molecule has 2 heterocycles. The number of rotatable bonds is 4. The van der Waals surface area contributed by atoms with Gasteiger partial charge in [-0.15, -0.1) is 0 Å². The number of ketones is 1. The number of hydrogen-bond donors (Lipinski definition) is 1. The van der Waals surface area contributed by atoms with E-state index in [9.17, 15) is 4.79 Å². The molecule has 3 rings (SSSR count). The van der Waals surface area contributed by atoms with E-state index in [4.69, 9.17) is 10.00 Å². The molecule has 0 saturated carbocycles. The highest BCUT2D eigenvalue weighted by atomic mass is 16.5. The van der Waals surface area contributed by atoms with Gasteiger partial charge in [-0.1, -0.05) is 6.07 Å². The van der Waals surface area contributed by atoms with Crippen LogP contribution < -0.4 is 0 Å². The fraction of sp³-hybridized carbons (Fsp3) is 0.375. The van der Waals surface area contributed by atoms with Crippen LogP contribution in [0.4, 0.5) is 0 Å². The third kappa shape index (κ3) is 2.33. The summed E-state index contributed by atoms with van der Waals surface area (Å²) in [5.41, 5.74) is 2.00. The topological polar surface area (TPSA) is 65.9 Å². The molecular weight excluding hydrogens is 252 g/mol. The second-order valence-corrected chi connectivity index (χ2v) is 5.14. The Labute approximate surface area is 117 Å². The summed E-state index contributed by atoms with van der Waals surface area (Å²) in [7, 11) is 0. The molecule has 1 unspecified atom stereocenters. The minimum Gasteiger partial charge on any atom is -0.378 e. The highest BCUT2D eigenvalue weighted by Gasteiger charge is 2.19. The fourth-order valence-electron chi connectivity index (χ4n) is 2.80. The number of ether oxygens (including phenoxy) is 1. The zero-order valence-corrected chi connectivity index (χ0v) is 11.2. The van der Waals surface area contributed by atoms with Crippen LogP contribution in [-0.4, -0.2) is 23.5 Å². The maximum Gasteiger partial charge on any atom is 0.165 e. The molecule has 0 bridgehead atoms. The fourth-order valence-corrected chi connectivity index (χ4v) is 2.80. The van der Waals surface area contributed by atoms with E-state index in [0.717, 1.165) is 36.8 Å². The minimum absolute atomic E-state index is 0.0782. The van der Waals surface area contributed by atoms with Crippen molar-refractivity contribution in [2.24, 2.45) is 0 Å². The van der Waals surface area contributed by atoms with Crippen molar-refractivity contribution in [3.05, 3.63) is 35.5 Å². The maximum absolute atomic E-state index is 12.4. The van der Waals surface area contributed by atoms with Gasteiger partial charge in [-0.05, 0) is 31.4 Å². The number of Topliss-reactive ketones (excluding diaryl/α,β-unsaturated/α-hetero) is 1. The zero-order chi connectivity index (χ0) is 13.9. The van der Waals surface area contributed by atoms with Gasteiger partial charge in [0.1, 0.15) is 0 Å². The molecule has 1 N–H and O–H groups in total. The van der Waals surface area contributed by atoms with Crippen LogP contribution >= 0.6 is 0 Å². The van der Waals surface area contributed by atoms with Crippen LogP contribution in [0.2, 0.25) is 0 Å². The quantitative estimate of drug-likeness (QED) is 0.866. The summed E-state index contributed by atoms with van der Waals surface area (Å²) in [4.78, 5) is 15.4. The van der Waals surface area contributed by atoms with Crippen molar-refractivity contribution < 1.29 is 9.53 Å². The van der Waals surface area contributed by atoms with Crippen LogP contribution in [0.1, 0.15) is 41.6 Å². The van der Waals surface area contributed by atoms with E-state index in [2.05, 4.69) is 11.1 Å². The SMILES string of the molecule is N#Cc1cccc2[nH]cc(C(=O)CCC3CCCO3)c12. The summed E-state index contributed by atoms with van der Waals surface area (Å²) < 4.78 is 5.54. The summed E-state index contributed by atoms with van der Waals surface area (Å²) in [6.07, 6.45) is 5.30. The lowest BCUT2D eigenvalue weighted by Crippen LogP contribution is -2.08. The van der Waals surface area contributed by atoms with Gasteiger partial charge in [-0.3, -0.25) is 4.79 Å². The molecule has 1 aliphatic heterocycles. The van der Waals surface area contributed by atoms with Gasteiger partial charge >= 0.3 is 0 Å². The molecule has 4 nitrogen and oxygen atoms in total. The molecule has 4 heteroatoms. The van der Waals surface area contributed by atoms with Crippen molar-refractivity contribution in [3.63, 3.8) is 0 Å². The molecule has 2 aromatic rings. The lowest BCUT2D eigenvalue weighted by molar-refractivity contribution is 0.0860. The Bertz CT molecular complexity index is 675. The normalized spacial score (nSPS) is 18.2. The molecule has 1 saturated heterocycles. The Morgan fingerprint density at radius 1 is 1.50 bits per heavy atom. The molecule has 1 aromatic carbocycles. The van der Waals surface area contributed by atoms with Crippen molar-refractivity contribution in [3.8, 4) is 6.07 Å². The summed E-state index contributed by atoms with van der Waals surface area (Å²) >= 11 is 0. The maximum atomic E-state index is 12.4. The van der Waals surface area contributed by atoms with Gasteiger partial charge in [0.25, 0.3) is 0 Å². The van der Waals surface area contributed by atoms with E-state index in [1.165, 1.54) is 0 Å². The smallest absolute Gasteiger partial charge is 0.165 e.